The van der Waals surface area contributed by atoms with Crippen LogP contribution in [-0.2, 0) is 4.74 Å². The highest BCUT2D eigenvalue weighted by Crippen LogP contribution is 2.32. The molecule has 112 valence electrons. The molecule has 20 heavy (non-hydrogen) atoms. The molecule has 1 aliphatic rings. The van der Waals surface area contributed by atoms with Gasteiger partial charge in [-0.1, -0.05) is 6.07 Å². The SMILES string of the molecule is CC(C)(C)OC(=O)N1CCC(C(NN)c2cccs2)C1. The van der Waals surface area contributed by atoms with E-state index in [9.17, 15) is 4.79 Å². The van der Waals surface area contributed by atoms with Gasteiger partial charge >= 0.3 is 6.09 Å². The minimum Gasteiger partial charge on any atom is -0.444 e. The number of nitrogens with zero attached hydrogens (tertiary/aromatic N) is 1. The van der Waals surface area contributed by atoms with Crippen molar-refractivity contribution in [2.75, 3.05) is 13.1 Å². The second-order valence-corrected chi connectivity index (χ2v) is 7.11. The maximum atomic E-state index is 12.1. The van der Waals surface area contributed by atoms with Gasteiger partial charge in [0.2, 0.25) is 0 Å². The molecule has 2 atom stereocenters. The van der Waals surface area contributed by atoms with Crippen LogP contribution in [0.2, 0.25) is 0 Å². The van der Waals surface area contributed by atoms with Crippen molar-refractivity contribution in [2.45, 2.75) is 38.8 Å². The average molecular weight is 297 g/mol. The first kappa shape index (κ1) is 15.3. The van der Waals surface area contributed by atoms with E-state index in [1.54, 1.807) is 16.2 Å². The number of rotatable bonds is 3. The summed E-state index contributed by atoms with van der Waals surface area (Å²) in [6.07, 6.45) is 0.702. The lowest BCUT2D eigenvalue weighted by Crippen LogP contribution is -2.38. The molecular weight excluding hydrogens is 274 g/mol. The molecule has 1 aromatic heterocycles. The molecule has 0 radical (unpaired) electrons. The molecule has 3 N–H and O–H groups in total. The minimum absolute atomic E-state index is 0.0995. The van der Waals surface area contributed by atoms with Crippen molar-refractivity contribution < 1.29 is 9.53 Å². The van der Waals surface area contributed by atoms with Crippen LogP contribution < -0.4 is 11.3 Å². The van der Waals surface area contributed by atoms with Gasteiger partial charge in [-0.3, -0.25) is 11.3 Å². The van der Waals surface area contributed by atoms with Gasteiger partial charge in [0.05, 0.1) is 6.04 Å². The summed E-state index contributed by atoms with van der Waals surface area (Å²) < 4.78 is 5.41. The van der Waals surface area contributed by atoms with E-state index >= 15 is 0 Å². The van der Waals surface area contributed by atoms with Crippen LogP contribution in [0.3, 0.4) is 0 Å². The maximum Gasteiger partial charge on any atom is 0.410 e. The smallest absolute Gasteiger partial charge is 0.410 e. The monoisotopic (exact) mass is 297 g/mol. The van der Waals surface area contributed by atoms with Crippen LogP contribution >= 0.6 is 11.3 Å². The van der Waals surface area contributed by atoms with Gasteiger partial charge in [0.25, 0.3) is 0 Å². The molecule has 1 fully saturated rings. The summed E-state index contributed by atoms with van der Waals surface area (Å²) in [6.45, 7) is 7.06. The van der Waals surface area contributed by atoms with Crippen LogP contribution in [0.4, 0.5) is 4.79 Å². The van der Waals surface area contributed by atoms with E-state index in [2.05, 4.69) is 11.5 Å². The third-order valence-corrected chi connectivity index (χ3v) is 4.33. The van der Waals surface area contributed by atoms with E-state index in [1.807, 2.05) is 32.2 Å². The number of hydrazine groups is 1. The Hall–Kier alpha value is -1.11. The van der Waals surface area contributed by atoms with Gasteiger partial charge in [-0.2, -0.15) is 0 Å². The molecule has 1 aliphatic heterocycles. The normalized spacial score (nSPS) is 21.0. The van der Waals surface area contributed by atoms with Crippen LogP contribution in [0.1, 0.15) is 38.1 Å². The van der Waals surface area contributed by atoms with Crippen molar-refractivity contribution in [3.05, 3.63) is 22.4 Å². The summed E-state index contributed by atoms with van der Waals surface area (Å²) in [6, 6.07) is 4.19. The van der Waals surface area contributed by atoms with E-state index in [4.69, 9.17) is 10.6 Å². The quantitative estimate of drug-likeness (QED) is 0.664. The van der Waals surface area contributed by atoms with Crippen LogP contribution in [0, 0.1) is 5.92 Å². The lowest BCUT2D eigenvalue weighted by molar-refractivity contribution is 0.0285. The Labute approximate surface area is 124 Å². The van der Waals surface area contributed by atoms with Crippen molar-refractivity contribution in [3.63, 3.8) is 0 Å². The number of ether oxygens (including phenoxy) is 1. The lowest BCUT2D eigenvalue weighted by Gasteiger charge is -2.25. The summed E-state index contributed by atoms with van der Waals surface area (Å²) in [5, 5.41) is 2.04. The molecule has 2 heterocycles. The first-order valence-corrected chi connectivity index (χ1v) is 7.76. The molecule has 1 amide bonds. The second-order valence-electron chi connectivity index (χ2n) is 6.13. The standard InChI is InChI=1S/C14H23N3O2S/c1-14(2,3)19-13(18)17-7-6-10(9-17)12(16-15)11-5-4-8-20-11/h4-5,8,10,12,16H,6-7,9,15H2,1-3H3. The number of hydrogen-bond acceptors (Lipinski definition) is 5. The molecule has 5 nitrogen and oxygen atoms in total. The Kier molecular flexibility index (Phi) is 4.67. The number of nitrogens with one attached hydrogen (secondary N) is 1. The van der Waals surface area contributed by atoms with Gasteiger partial charge in [-0.25, -0.2) is 4.79 Å². The highest BCUT2D eigenvalue weighted by molar-refractivity contribution is 7.10. The van der Waals surface area contributed by atoms with Crippen molar-refractivity contribution in [1.29, 1.82) is 0 Å². The molecule has 2 rings (SSSR count). The van der Waals surface area contributed by atoms with E-state index in [1.165, 1.54) is 4.88 Å². The topological polar surface area (TPSA) is 67.6 Å². The van der Waals surface area contributed by atoms with Crippen LogP contribution in [0.15, 0.2) is 17.5 Å². The predicted octanol–water partition coefficient (Wildman–Crippen LogP) is 2.51. The first-order chi connectivity index (χ1) is 9.40. The largest absolute Gasteiger partial charge is 0.444 e. The lowest BCUT2D eigenvalue weighted by atomic mass is 9.98. The zero-order chi connectivity index (χ0) is 14.8. The molecule has 0 aliphatic carbocycles. The summed E-state index contributed by atoms with van der Waals surface area (Å²) >= 11 is 1.68. The number of amides is 1. The Morgan fingerprint density at radius 1 is 1.60 bits per heavy atom. The number of carbonyl (C=O) groups excluding carboxylic acids is 1. The molecule has 6 heteroatoms. The van der Waals surface area contributed by atoms with E-state index in [0.29, 0.717) is 12.5 Å². The molecule has 1 aromatic rings. The van der Waals surface area contributed by atoms with E-state index in [0.717, 1.165) is 13.0 Å². The van der Waals surface area contributed by atoms with Crippen LogP contribution in [0.5, 0.6) is 0 Å². The number of thiophene rings is 1. The predicted molar refractivity (Wildman–Crippen MR) is 80.3 cm³/mol. The van der Waals surface area contributed by atoms with Crippen LogP contribution in [-0.4, -0.2) is 29.7 Å². The van der Waals surface area contributed by atoms with Crippen molar-refractivity contribution in [3.8, 4) is 0 Å². The van der Waals surface area contributed by atoms with Gasteiger partial charge in [0.15, 0.2) is 0 Å². The summed E-state index contributed by atoms with van der Waals surface area (Å²) in [4.78, 5) is 15.0. The first-order valence-electron chi connectivity index (χ1n) is 6.88. The second kappa shape index (κ2) is 6.11. The highest BCUT2D eigenvalue weighted by Gasteiger charge is 2.34. The number of nitrogens with two attached hydrogens (primary N) is 1. The van der Waals surface area contributed by atoms with Gasteiger partial charge in [-0.05, 0) is 44.6 Å². The van der Waals surface area contributed by atoms with Gasteiger partial charge in [0.1, 0.15) is 5.60 Å². The Bertz CT molecular complexity index is 442. The minimum atomic E-state index is -0.450. The van der Waals surface area contributed by atoms with Gasteiger partial charge in [0, 0.05) is 18.0 Å². The molecule has 0 spiro atoms. The summed E-state index contributed by atoms with van der Waals surface area (Å²) in [5.41, 5.74) is 2.44. The molecule has 0 aromatic carbocycles. The fourth-order valence-electron chi connectivity index (χ4n) is 2.47. The number of likely N-dealkylation sites (tertiary alicyclic amines) is 1. The van der Waals surface area contributed by atoms with Gasteiger partial charge in [-0.15, -0.1) is 11.3 Å². The van der Waals surface area contributed by atoms with Crippen molar-refractivity contribution in [2.24, 2.45) is 11.8 Å². The summed E-state index contributed by atoms with van der Waals surface area (Å²) in [5.74, 6) is 6.01. The molecule has 0 bridgehead atoms. The molecule has 0 saturated carbocycles. The van der Waals surface area contributed by atoms with Crippen molar-refractivity contribution in [1.82, 2.24) is 10.3 Å². The fraction of sp³-hybridized carbons (Fsp3) is 0.643. The molecule has 2 unspecified atom stereocenters. The zero-order valence-corrected chi connectivity index (χ0v) is 13.1. The van der Waals surface area contributed by atoms with Gasteiger partial charge < -0.3 is 9.64 Å². The Balaban J connectivity index is 1.96. The number of hydrogen-bond donors (Lipinski definition) is 2. The Morgan fingerprint density at radius 3 is 2.90 bits per heavy atom. The Morgan fingerprint density at radius 2 is 2.35 bits per heavy atom. The van der Waals surface area contributed by atoms with E-state index < -0.39 is 5.60 Å². The number of carbonyl (C=O) groups is 1. The summed E-state index contributed by atoms with van der Waals surface area (Å²) in [7, 11) is 0. The molecule has 1 saturated heterocycles. The van der Waals surface area contributed by atoms with Crippen molar-refractivity contribution >= 4 is 17.4 Å². The maximum absolute atomic E-state index is 12.1. The van der Waals surface area contributed by atoms with E-state index in [-0.39, 0.29) is 12.1 Å². The average Bonchev–Trinajstić information content (AvgIpc) is 2.98. The third kappa shape index (κ3) is 3.71. The zero-order valence-electron chi connectivity index (χ0n) is 12.3. The highest BCUT2D eigenvalue weighted by atomic mass is 32.1. The fourth-order valence-corrected chi connectivity index (χ4v) is 3.35. The van der Waals surface area contributed by atoms with Crippen LogP contribution in [0.25, 0.3) is 0 Å². The third-order valence-electron chi connectivity index (χ3n) is 3.38. The molecular formula is C14H23N3O2S.